The zero-order valence-corrected chi connectivity index (χ0v) is 25.1. The van der Waals surface area contributed by atoms with Gasteiger partial charge in [-0.25, -0.2) is 12.8 Å². The molecule has 2 aliphatic rings. The molecule has 42 heavy (non-hydrogen) atoms. The van der Waals surface area contributed by atoms with E-state index in [9.17, 15) is 35.6 Å². The minimum atomic E-state index is -4.85. The summed E-state index contributed by atoms with van der Waals surface area (Å²) in [6.07, 6.45) is -2.83. The minimum absolute atomic E-state index is 0.107. The molecule has 0 spiro atoms. The molecule has 13 heteroatoms. The van der Waals surface area contributed by atoms with Crippen LogP contribution >= 0.6 is 11.6 Å². The predicted octanol–water partition coefficient (Wildman–Crippen LogP) is 5.18. The number of likely N-dealkylation sites (tertiary alicyclic amines) is 1. The van der Waals surface area contributed by atoms with Gasteiger partial charge in [-0.3, -0.25) is 9.59 Å². The Morgan fingerprint density at radius 1 is 1.12 bits per heavy atom. The molecule has 1 aliphatic carbocycles. The summed E-state index contributed by atoms with van der Waals surface area (Å²) < 4.78 is 80.1. The fourth-order valence-corrected chi connectivity index (χ4v) is 7.71. The molecule has 4 rings (SSSR count). The fourth-order valence-electron chi connectivity index (χ4n) is 5.92. The van der Waals surface area contributed by atoms with Crippen molar-refractivity contribution >= 4 is 33.3 Å². The molecular formula is C29H34ClF4N3O4S. The van der Waals surface area contributed by atoms with Crippen molar-refractivity contribution in [3.05, 3.63) is 64.4 Å². The average Bonchev–Trinajstić information content (AvgIpc) is 3.26. The number of rotatable bonds is 8. The van der Waals surface area contributed by atoms with Crippen LogP contribution in [0.1, 0.15) is 55.5 Å². The van der Waals surface area contributed by atoms with Crippen LogP contribution in [0.5, 0.6) is 0 Å². The molecule has 230 valence electrons. The second-order valence-electron chi connectivity index (χ2n) is 11.4. The third kappa shape index (κ3) is 7.26. The number of hydrogen-bond acceptors (Lipinski definition) is 5. The van der Waals surface area contributed by atoms with Gasteiger partial charge in [-0.1, -0.05) is 11.6 Å². The summed E-state index contributed by atoms with van der Waals surface area (Å²) in [6.45, 7) is 4.35. The molecular weight excluding hydrogens is 598 g/mol. The van der Waals surface area contributed by atoms with Gasteiger partial charge in [-0.15, -0.1) is 0 Å². The predicted molar refractivity (Wildman–Crippen MR) is 150 cm³/mol. The Balaban J connectivity index is 1.53. The fraction of sp³-hybridized carbons (Fsp3) is 0.517. The maximum atomic E-state index is 13.9. The lowest BCUT2D eigenvalue weighted by molar-refractivity contribution is -0.138. The summed E-state index contributed by atoms with van der Waals surface area (Å²) >= 11 is 5.94. The SMILES string of the molecule is CC(C)N(C)[C@@H]1CC[C@H](N2CC[C@H](NC(=O)c3cc(F)cc(C(F)(F)F)c3)C2=O)[C@H](CS(=O)(=O)c2ccc(Cl)cc2)C1. The lowest BCUT2D eigenvalue weighted by Crippen LogP contribution is -2.53. The van der Waals surface area contributed by atoms with Crippen molar-refractivity contribution in [2.24, 2.45) is 5.92 Å². The third-order valence-electron chi connectivity index (χ3n) is 8.34. The van der Waals surface area contributed by atoms with E-state index in [1.54, 1.807) is 4.90 Å². The van der Waals surface area contributed by atoms with Gasteiger partial charge in [0.2, 0.25) is 5.91 Å². The van der Waals surface area contributed by atoms with Gasteiger partial charge >= 0.3 is 6.18 Å². The van der Waals surface area contributed by atoms with Crippen molar-refractivity contribution < 1.29 is 35.6 Å². The summed E-state index contributed by atoms with van der Waals surface area (Å²) in [5.41, 5.74) is -1.85. The summed E-state index contributed by atoms with van der Waals surface area (Å²) in [5, 5.41) is 2.86. The lowest BCUT2D eigenvalue weighted by atomic mass is 9.81. The van der Waals surface area contributed by atoms with Crippen molar-refractivity contribution in [2.75, 3.05) is 19.3 Å². The number of sulfone groups is 1. The van der Waals surface area contributed by atoms with Gasteiger partial charge in [0.25, 0.3) is 5.91 Å². The Morgan fingerprint density at radius 3 is 2.40 bits per heavy atom. The van der Waals surface area contributed by atoms with E-state index in [1.807, 2.05) is 7.05 Å². The van der Waals surface area contributed by atoms with Crippen LogP contribution in [0.3, 0.4) is 0 Å². The van der Waals surface area contributed by atoms with Crippen LogP contribution in [0.15, 0.2) is 47.4 Å². The van der Waals surface area contributed by atoms with Crippen LogP contribution in [0, 0.1) is 11.7 Å². The standard InChI is InChI=1S/C29H34ClF4N3O4S/c1-17(2)36(3)23-6-9-26(19(14-23)16-42(40,41)24-7-4-21(30)5-8-24)37-11-10-25(28(37)39)35-27(38)18-12-20(29(32,33)34)15-22(31)13-18/h4-5,7-8,12-13,15,17,19,23,25-26H,6,9-11,14,16H2,1-3H3,(H,35,38)/t19-,23+,25-,26-/m0/s1. The molecule has 1 heterocycles. The van der Waals surface area contributed by atoms with E-state index in [0.717, 1.165) is 6.42 Å². The van der Waals surface area contributed by atoms with Gasteiger partial charge in [0.15, 0.2) is 9.84 Å². The van der Waals surface area contributed by atoms with Crippen molar-refractivity contribution in [3.8, 4) is 0 Å². The van der Waals surface area contributed by atoms with Crippen LogP contribution in [0.4, 0.5) is 17.6 Å². The summed E-state index contributed by atoms with van der Waals surface area (Å²) in [6, 6.07) is 6.35. The number of amides is 2. The molecule has 0 unspecified atom stereocenters. The zero-order chi connectivity index (χ0) is 31.0. The van der Waals surface area contributed by atoms with Crippen molar-refractivity contribution in [2.45, 2.75) is 74.8 Å². The van der Waals surface area contributed by atoms with Gasteiger partial charge < -0.3 is 15.1 Å². The monoisotopic (exact) mass is 631 g/mol. The van der Waals surface area contributed by atoms with E-state index in [4.69, 9.17) is 11.6 Å². The second kappa shape index (κ2) is 12.5. The number of carbonyl (C=O) groups excluding carboxylic acids is 2. The van der Waals surface area contributed by atoms with E-state index in [-0.39, 0.29) is 35.7 Å². The molecule has 4 atom stereocenters. The Kier molecular flexibility index (Phi) is 9.59. The molecule has 7 nitrogen and oxygen atoms in total. The van der Waals surface area contributed by atoms with E-state index >= 15 is 0 Å². The van der Waals surface area contributed by atoms with E-state index in [2.05, 4.69) is 24.1 Å². The maximum Gasteiger partial charge on any atom is 0.416 e. The van der Waals surface area contributed by atoms with Gasteiger partial charge in [-0.2, -0.15) is 13.2 Å². The largest absolute Gasteiger partial charge is 0.416 e. The minimum Gasteiger partial charge on any atom is -0.340 e. The van der Waals surface area contributed by atoms with Crippen molar-refractivity contribution in [3.63, 3.8) is 0 Å². The molecule has 2 aromatic carbocycles. The maximum absolute atomic E-state index is 13.9. The smallest absolute Gasteiger partial charge is 0.340 e. The topological polar surface area (TPSA) is 86.8 Å². The average molecular weight is 632 g/mol. The van der Waals surface area contributed by atoms with Crippen molar-refractivity contribution in [1.29, 1.82) is 0 Å². The van der Waals surface area contributed by atoms with Gasteiger partial charge in [0.1, 0.15) is 11.9 Å². The summed E-state index contributed by atoms with van der Waals surface area (Å²) in [4.78, 5) is 30.2. The quantitative estimate of drug-likeness (QED) is 0.406. The molecule has 1 N–H and O–H groups in total. The Labute approximate surface area is 248 Å². The third-order valence-corrected chi connectivity index (χ3v) is 10.5. The number of hydrogen-bond donors (Lipinski definition) is 1. The molecule has 1 saturated carbocycles. The highest BCUT2D eigenvalue weighted by atomic mass is 35.5. The number of nitrogens with zero attached hydrogens (tertiary/aromatic N) is 2. The lowest BCUT2D eigenvalue weighted by Gasteiger charge is -2.44. The molecule has 0 aromatic heterocycles. The second-order valence-corrected chi connectivity index (χ2v) is 13.8. The highest BCUT2D eigenvalue weighted by Gasteiger charge is 2.44. The first-order valence-electron chi connectivity index (χ1n) is 13.8. The molecule has 0 radical (unpaired) electrons. The van der Waals surface area contributed by atoms with Crippen LogP contribution < -0.4 is 5.32 Å². The molecule has 1 aliphatic heterocycles. The van der Waals surface area contributed by atoms with E-state index < -0.39 is 62.8 Å². The molecule has 2 aromatic rings. The number of benzene rings is 2. The molecule has 0 bridgehead atoms. The Morgan fingerprint density at radius 2 is 1.79 bits per heavy atom. The number of carbonyl (C=O) groups is 2. The Bertz CT molecular complexity index is 1420. The molecule has 1 saturated heterocycles. The summed E-state index contributed by atoms with van der Waals surface area (Å²) in [5.74, 6) is -3.25. The first-order valence-corrected chi connectivity index (χ1v) is 15.8. The van der Waals surface area contributed by atoms with Crippen LogP contribution in [0.25, 0.3) is 0 Å². The normalized spacial score (nSPS) is 23.6. The molecule has 2 amide bonds. The first kappa shape index (κ1) is 32.2. The summed E-state index contributed by atoms with van der Waals surface area (Å²) in [7, 11) is -1.74. The van der Waals surface area contributed by atoms with Crippen LogP contribution in [-0.4, -0.2) is 73.5 Å². The number of halogens is 5. The van der Waals surface area contributed by atoms with Crippen molar-refractivity contribution in [1.82, 2.24) is 15.1 Å². The number of alkyl halides is 3. The van der Waals surface area contributed by atoms with Crippen LogP contribution in [0.2, 0.25) is 5.02 Å². The van der Waals surface area contributed by atoms with Gasteiger partial charge in [0, 0.05) is 35.3 Å². The highest BCUT2D eigenvalue weighted by molar-refractivity contribution is 7.91. The number of nitrogens with one attached hydrogen (secondary N) is 1. The molecule has 2 fully saturated rings. The van der Waals surface area contributed by atoms with E-state index in [0.29, 0.717) is 36.1 Å². The van der Waals surface area contributed by atoms with Gasteiger partial charge in [0.05, 0.1) is 16.2 Å². The first-order chi connectivity index (χ1) is 19.6. The van der Waals surface area contributed by atoms with E-state index in [1.165, 1.54) is 24.3 Å². The zero-order valence-electron chi connectivity index (χ0n) is 23.5. The highest BCUT2D eigenvalue weighted by Crippen LogP contribution is 2.36. The van der Waals surface area contributed by atoms with Crippen LogP contribution in [-0.2, 0) is 20.8 Å². The van der Waals surface area contributed by atoms with Gasteiger partial charge in [-0.05, 0) is 95.0 Å². The Hall–Kier alpha value is -2.70.